The van der Waals surface area contributed by atoms with Crippen LogP contribution in [0.2, 0.25) is 0 Å². The van der Waals surface area contributed by atoms with E-state index in [1.54, 1.807) is 0 Å². The summed E-state index contributed by atoms with van der Waals surface area (Å²) in [5, 5.41) is 5.10. The molecule has 0 N–H and O–H groups in total. The Balaban J connectivity index is 2.56. The zero-order valence-corrected chi connectivity index (χ0v) is 9.58. The SMILES string of the molecule is CCC(C)N1CCCCN1C(C)C. The van der Waals surface area contributed by atoms with Crippen LogP contribution < -0.4 is 0 Å². The van der Waals surface area contributed by atoms with Gasteiger partial charge in [-0.15, -0.1) is 0 Å². The molecule has 0 amide bonds. The normalized spacial score (nSPS) is 23.8. The summed E-state index contributed by atoms with van der Waals surface area (Å²) in [6.07, 6.45) is 3.99. The Morgan fingerprint density at radius 3 is 2.00 bits per heavy atom. The summed E-state index contributed by atoms with van der Waals surface area (Å²) in [6, 6.07) is 1.37. The topological polar surface area (TPSA) is 6.48 Å². The van der Waals surface area contributed by atoms with Gasteiger partial charge < -0.3 is 0 Å². The van der Waals surface area contributed by atoms with Crippen LogP contribution in [0.5, 0.6) is 0 Å². The van der Waals surface area contributed by atoms with E-state index in [-0.39, 0.29) is 0 Å². The highest BCUT2D eigenvalue weighted by molar-refractivity contribution is 4.72. The first-order valence-corrected chi connectivity index (χ1v) is 5.70. The van der Waals surface area contributed by atoms with Crippen LogP contribution in [0.4, 0.5) is 0 Å². The van der Waals surface area contributed by atoms with Crippen molar-refractivity contribution in [3.8, 4) is 0 Å². The smallest absolute Gasteiger partial charge is 0.0215 e. The van der Waals surface area contributed by atoms with Crippen molar-refractivity contribution in [2.24, 2.45) is 0 Å². The summed E-state index contributed by atoms with van der Waals surface area (Å²) >= 11 is 0. The van der Waals surface area contributed by atoms with Gasteiger partial charge in [-0.05, 0) is 40.0 Å². The molecule has 1 atom stereocenters. The van der Waals surface area contributed by atoms with Crippen molar-refractivity contribution in [3.63, 3.8) is 0 Å². The van der Waals surface area contributed by atoms with Crippen molar-refractivity contribution in [2.45, 2.75) is 59.0 Å². The number of nitrogens with zero attached hydrogens (tertiary/aromatic N) is 2. The van der Waals surface area contributed by atoms with Crippen molar-refractivity contribution >= 4 is 0 Å². The Kier molecular flexibility index (Phi) is 4.20. The molecular formula is C11H24N2. The van der Waals surface area contributed by atoms with Gasteiger partial charge in [0, 0.05) is 25.2 Å². The maximum absolute atomic E-state index is 2.56. The Bertz CT molecular complexity index is 145. The maximum Gasteiger partial charge on any atom is 0.0215 e. The number of hydrogen-bond donors (Lipinski definition) is 0. The molecule has 0 bridgehead atoms. The van der Waals surface area contributed by atoms with E-state index >= 15 is 0 Å². The fraction of sp³-hybridized carbons (Fsp3) is 1.00. The predicted octanol–water partition coefficient (Wildman–Crippen LogP) is 2.51. The van der Waals surface area contributed by atoms with Gasteiger partial charge in [-0.3, -0.25) is 0 Å². The minimum atomic E-state index is 0.661. The zero-order valence-electron chi connectivity index (χ0n) is 9.58. The number of rotatable bonds is 3. The molecule has 1 heterocycles. The summed E-state index contributed by atoms with van der Waals surface area (Å²) in [5.41, 5.74) is 0. The molecule has 1 aliphatic heterocycles. The molecule has 0 aromatic heterocycles. The van der Waals surface area contributed by atoms with Crippen LogP contribution in [0.25, 0.3) is 0 Å². The molecule has 0 spiro atoms. The van der Waals surface area contributed by atoms with Crippen molar-refractivity contribution in [1.29, 1.82) is 0 Å². The van der Waals surface area contributed by atoms with Gasteiger partial charge in [-0.2, -0.15) is 0 Å². The minimum absolute atomic E-state index is 0.661. The van der Waals surface area contributed by atoms with Crippen molar-refractivity contribution in [3.05, 3.63) is 0 Å². The minimum Gasteiger partial charge on any atom is -0.239 e. The largest absolute Gasteiger partial charge is 0.239 e. The molecule has 1 saturated heterocycles. The van der Waals surface area contributed by atoms with E-state index in [9.17, 15) is 0 Å². The first-order valence-electron chi connectivity index (χ1n) is 5.70. The van der Waals surface area contributed by atoms with Gasteiger partial charge in [0.2, 0.25) is 0 Å². The van der Waals surface area contributed by atoms with Gasteiger partial charge in [-0.1, -0.05) is 6.92 Å². The molecule has 0 aromatic carbocycles. The highest BCUT2D eigenvalue weighted by atomic mass is 15.6. The number of hydrazine groups is 1. The summed E-state index contributed by atoms with van der Waals surface area (Å²) in [4.78, 5) is 0. The number of hydrogen-bond acceptors (Lipinski definition) is 2. The molecule has 0 aliphatic carbocycles. The summed E-state index contributed by atoms with van der Waals surface area (Å²) in [6.45, 7) is 11.7. The van der Waals surface area contributed by atoms with E-state index in [0.717, 1.165) is 0 Å². The molecule has 0 saturated carbocycles. The van der Waals surface area contributed by atoms with Gasteiger partial charge in [0.15, 0.2) is 0 Å². The van der Waals surface area contributed by atoms with Gasteiger partial charge in [-0.25, -0.2) is 10.0 Å². The Hall–Kier alpha value is -0.0800. The van der Waals surface area contributed by atoms with E-state index < -0.39 is 0 Å². The van der Waals surface area contributed by atoms with Crippen LogP contribution in [0.15, 0.2) is 0 Å². The van der Waals surface area contributed by atoms with Crippen molar-refractivity contribution in [1.82, 2.24) is 10.0 Å². The molecule has 1 fully saturated rings. The lowest BCUT2D eigenvalue weighted by Crippen LogP contribution is -2.54. The zero-order chi connectivity index (χ0) is 9.84. The van der Waals surface area contributed by atoms with Crippen molar-refractivity contribution < 1.29 is 0 Å². The second kappa shape index (κ2) is 4.97. The quantitative estimate of drug-likeness (QED) is 0.665. The lowest BCUT2D eigenvalue weighted by molar-refractivity contribution is -0.100. The first-order chi connectivity index (χ1) is 6.16. The Morgan fingerprint density at radius 2 is 1.54 bits per heavy atom. The van der Waals surface area contributed by atoms with Gasteiger partial charge in [0.25, 0.3) is 0 Å². The average molecular weight is 184 g/mol. The Labute approximate surface area is 82.9 Å². The molecule has 1 aliphatic rings. The maximum atomic E-state index is 2.56. The molecule has 1 rings (SSSR count). The second-order valence-electron chi connectivity index (χ2n) is 4.38. The highest BCUT2D eigenvalue weighted by Crippen LogP contribution is 2.18. The molecule has 1 unspecified atom stereocenters. The van der Waals surface area contributed by atoms with Crippen LogP contribution in [0.1, 0.15) is 47.0 Å². The van der Waals surface area contributed by atoms with Crippen LogP contribution in [-0.4, -0.2) is 35.2 Å². The monoisotopic (exact) mass is 184 g/mol. The van der Waals surface area contributed by atoms with Crippen molar-refractivity contribution in [2.75, 3.05) is 13.1 Å². The fourth-order valence-corrected chi connectivity index (χ4v) is 2.04. The average Bonchev–Trinajstić information content (AvgIpc) is 2.16. The standard InChI is InChI=1S/C11H24N2/c1-5-11(4)13-9-7-6-8-12(13)10(2)3/h10-11H,5-9H2,1-4H3. The van der Waals surface area contributed by atoms with Crippen LogP contribution in [0.3, 0.4) is 0 Å². The van der Waals surface area contributed by atoms with Crippen LogP contribution >= 0.6 is 0 Å². The summed E-state index contributed by atoms with van der Waals surface area (Å²) < 4.78 is 0. The summed E-state index contributed by atoms with van der Waals surface area (Å²) in [7, 11) is 0. The third-order valence-corrected chi connectivity index (χ3v) is 3.05. The third-order valence-electron chi connectivity index (χ3n) is 3.05. The van der Waals surface area contributed by atoms with E-state index in [0.29, 0.717) is 12.1 Å². The van der Waals surface area contributed by atoms with E-state index in [1.165, 1.54) is 32.4 Å². The lowest BCUT2D eigenvalue weighted by Gasteiger charge is -2.44. The first kappa shape index (κ1) is 11.0. The van der Waals surface area contributed by atoms with Gasteiger partial charge in [0.05, 0.1) is 0 Å². The van der Waals surface area contributed by atoms with E-state index in [4.69, 9.17) is 0 Å². The Morgan fingerprint density at radius 1 is 1.00 bits per heavy atom. The predicted molar refractivity (Wildman–Crippen MR) is 57.5 cm³/mol. The molecule has 2 nitrogen and oxygen atoms in total. The molecule has 0 radical (unpaired) electrons. The highest BCUT2D eigenvalue weighted by Gasteiger charge is 2.24. The van der Waals surface area contributed by atoms with Gasteiger partial charge in [0.1, 0.15) is 0 Å². The molecular weight excluding hydrogens is 160 g/mol. The van der Waals surface area contributed by atoms with Crippen LogP contribution in [-0.2, 0) is 0 Å². The lowest BCUT2D eigenvalue weighted by atomic mass is 10.1. The van der Waals surface area contributed by atoms with Crippen LogP contribution in [0, 0.1) is 0 Å². The second-order valence-corrected chi connectivity index (χ2v) is 4.38. The van der Waals surface area contributed by atoms with E-state index in [2.05, 4.69) is 37.7 Å². The molecule has 0 aromatic rings. The third kappa shape index (κ3) is 2.68. The molecule has 78 valence electrons. The summed E-state index contributed by atoms with van der Waals surface area (Å²) in [5.74, 6) is 0. The fourth-order valence-electron chi connectivity index (χ4n) is 2.04. The van der Waals surface area contributed by atoms with Gasteiger partial charge >= 0.3 is 0 Å². The molecule has 2 heteroatoms. The molecule has 13 heavy (non-hydrogen) atoms. The van der Waals surface area contributed by atoms with E-state index in [1.807, 2.05) is 0 Å².